The fraction of sp³-hybridized carbons (Fsp3) is 0.500. The Balaban J connectivity index is 2.38. The molecule has 2 rings (SSSR count). The molecule has 0 spiro atoms. The zero-order valence-corrected chi connectivity index (χ0v) is 8.76. The fourth-order valence-electron chi connectivity index (χ4n) is 2.03. The molecule has 0 aliphatic heterocycles. The highest BCUT2D eigenvalue weighted by molar-refractivity contribution is 5.36. The number of aryl methyl sites for hydroxylation is 1. The van der Waals surface area contributed by atoms with Gasteiger partial charge in [0.1, 0.15) is 0 Å². The van der Waals surface area contributed by atoms with Crippen LogP contribution in [0, 0.1) is 6.92 Å². The SMILES string of the molecule is Cc1ccc(C2(N)CCC2)cc1C(F)F. The molecule has 0 bridgehead atoms. The predicted molar refractivity (Wildman–Crippen MR) is 55.9 cm³/mol. The van der Waals surface area contributed by atoms with Crippen molar-refractivity contribution < 1.29 is 8.78 Å². The van der Waals surface area contributed by atoms with E-state index >= 15 is 0 Å². The Morgan fingerprint density at radius 2 is 2.00 bits per heavy atom. The summed E-state index contributed by atoms with van der Waals surface area (Å²) in [5.74, 6) is 0. The van der Waals surface area contributed by atoms with Crippen LogP contribution in [0.1, 0.15) is 42.4 Å². The highest BCUT2D eigenvalue weighted by Gasteiger charge is 2.34. The highest BCUT2D eigenvalue weighted by Crippen LogP contribution is 2.40. The topological polar surface area (TPSA) is 26.0 Å². The molecule has 0 amide bonds. The summed E-state index contributed by atoms with van der Waals surface area (Å²) in [4.78, 5) is 0. The number of benzene rings is 1. The second-order valence-corrected chi connectivity index (χ2v) is 4.38. The molecule has 0 unspecified atom stereocenters. The third-order valence-electron chi connectivity index (χ3n) is 3.34. The molecule has 15 heavy (non-hydrogen) atoms. The maximum Gasteiger partial charge on any atom is 0.264 e. The molecular formula is C12H15F2N. The molecular weight excluding hydrogens is 196 g/mol. The summed E-state index contributed by atoms with van der Waals surface area (Å²) in [5, 5.41) is 0. The fourth-order valence-corrected chi connectivity index (χ4v) is 2.03. The van der Waals surface area contributed by atoms with E-state index in [1.54, 1.807) is 19.1 Å². The van der Waals surface area contributed by atoms with E-state index in [0.717, 1.165) is 24.8 Å². The molecule has 1 nitrogen and oxygen atoms in total. The minimum absolute atomic E-state index is 0.115. The first-order valence-electron chi connectivity index (χ1n) is 5.21. The van der Waals surface area contributed by atoms with Gasteiger partial charge in [0.05, 0.1) is 0 Å². The highest BCUT2D eigenvalue weighted by atomic mass is 19.3. The van der Waals surface area contributed by atoms with E-state index in [-0.39, 0.29) is 11.1 Å². The molecule has 82 valence electrons. The van der Waals surface area contributed by atoms with E-state index < -0.39 is 6.43 Å². The van der Waals surface area contributed by atoms with Crippen LogP contribution in [0.25, 0.3) is 0 Å². The lowest BCUT2D eigenvalue weighted by Gasteiger charge is -2.39. The molecule has 0 radical (unpaired) electrons. The maximum absolute atomic E-state index is 12.7. The Bertz CT molecular complexity index is 370. The van der Waals surface area contributed by atoms with Crippen molar-refractivity contribution in [3.63, 3.8) is 0 Å². The van der Waals surface area contributed by atoms with E-state index in [1.807, 2.05) is 6.07 Å². The Hall–Kier alpha value is -0.960. The lowest BCUT2D eigenvalue weighted by Crippen LogP contribution is -2.43. The summed E-state index contributed by atoms with van der Waals surface area (Å²) in [6, 6.07) is 5.18. The zero-order valence-electron chi connectivity index (χ0n) is 8.76. The van der Waals surface area contributed by atoms with E-state index in [0.29, 0.717) is 5.56 Å². The molecule has 1 aromatic carbocycles. The molecule has 1 saturated carbocycles. The Kier molecular flexibility index (Phi) is 2.51. The average Bonchev–Trinajstić information content (AvgIpc) is 2.14. The largest absolute Gasteiger partial charge is 0.321 e. The van der Waals surface area contributed by atoms with E-state index in [2.05, 4.69) is 0 Å². The van der Waals surface area contributed by atoms with Gasteiger partial charge in [-0.1, -0.05) is 12.1 Å². The first kappa shape index (κ1) is 10.6. The Morgan fingerprint density at radius 1 is 1.33 bits per heavy atom. The Morgan fingerprint density at radius 3 is 2.47 bits per heavy atom. The van der Waals surface area contributed by atoms with Crippen molar-refractivity contribution in [3.8, 4) is 0 Å². The van der Waals surface area contributed by atoms with Crippen LogP contribution < -0.4 is 5.73 Å². The average molecular weight is 211 g/mol. The first-order chi connectivity index (χ1) is 7.03. The van der Waals surface area contributed by atoms with Crippen LogP contribution in [-0.2, 0) is 5.54 Å². The number of hydrogen-bond acceptors (Lipinski definition) is 1. The van der Waals surface area contributed by atoms with Gasteiger partial charge in [-0.15, -0.1) is 0 Å². The van der Waals surface area contributed by atoms with Gasteiger partial charge < -0.3 is 5.73 Å². The van der Waals surface area contributed by atoms with Gasteiger partial charge in [-0.25, -0.2) is 8.78 Å². The molecule has 3 heteroatoms. The van der Waals surface area contributed by atoms with Crippen LogP contribution in [0.4, 0.5) is 8.78 Å². The predicted octanol–water partition coefficient (Wildman–Crippen LogP) is 3.27. The van der Waals surface area contributed by atoms with Gasteiger partial charge in [-0.05, 0) is 43.4 Å². The second-order valence-electron chi connectivity index (χ2n) is 4.38. The van der Waals surface area contributed by atoms with Crippen LogP contribution in [-0.4, -0.2) is 0 Å². The number of nitrogens with two attached hydrogens (primary N) is 1. The summed E-state index contributed by atoms with van der Waals surface area (Å²) >= 11 is 0. The third-order valence-corrected chi connectivity index (χ3v) is 3.34. The second kappa shape index (κ2) is 3.56. The standard InChI is InChI=1S/C12H15F2N/c1-8-3-4-9(7-10(8)11(13)14)12(15)5-2-6-12/h3-4,7,11H,2,5-6,15H2,1H3. The summed E-state index contributed by atoms with van der Waals surface area (Å²) in [6.07, 6.45) is 0.486. The van der Waals surface area contributed by atoms with Crippen molar-refractivity contribution in [2.24, 2.45) is 5.73 Å². The number of halogens is 2. The molecule has 0 heterocycles. The molecule has 1 aromatic rings. The molecule has 2 N–H and O–H groups in total. The molecule has 1 fully saturated rings. The normalized spacial score (nSPS) is 19.0. The quantitative estimate of drug-likeness (QED) is 0.798. The van der Waals surface area contributed by atoms with Crippen LogP contribution >= 0.6 is 0 Å². The summed E-state index contributed by atoms with van der Waals surface area (Å²) in [7, 11) is 0. The van der Waals surface area contributed by atoms with Crippen LogP contribution in [0.3, 0.4) is 0 Å². The van der Waals surface area contributed by atoms with Gasteiger partial charge in [0.2, 0.25) is 0 Å². The third kappa shape index (κ3) is 1.76. The first-order valence-corrected chi connectivity index (χ1v) is 5.21. The molecule has 0 saturated heterocycles. The van der Waals surface area contributed by atoms with Gasteiger partial charge in [-0.3, -0.25) is 0 Å². The van der Waals surface area contributed by atoms with Crippen LogP contribution in [0.15, 0.2) is 18.2 Å². The smallest absolute Gasteiger partial charge is 0.264 e. The van der Waals surface area contributed by atoms with Gasteiger partial charge in [0, 0.05) is 11.1 Å². The molecule has 1 aliphatic rings. The maximum atomic E-state index is 12.7. The van der Waals surface area contributed by atoms with Crippen LogP contribution in [0.2, 0.25) is 0 Å². The molecule has 1 aliphatic carbocycles. The zero-order chi connectivity index (χ0) is 11.1. The van der Waals surface area contributed by atoms with Gasteiger partial charge in [0.15, 0.2) is 0 Å². The summed E-state index contributed by atoms with van der Waals surface area (Å²) < 4.78 is 25.4. The van der Waals surface area contributed by atoms with Crippen molar-refractivity contribution >= 4 is 0 Å². The monoisotopic (exact) mass is 211 g/mol. The van der Waals surface area contributed by atoms with Crippen molar-refractivity contribution in [1.82, 2.24) is 0 Å². The minimum Gasteiger partial charge on any atom is -0.321 e. The number of rotatable bonds is 2. The van der Waals surface area contributed by atoms with Crippen molar-refractivity contribution in [1.29, 1.82) is 0 Å². The van der Waals surface area contributed by atoms with Crippen molar-refractivity contribution in [2.75, 3.05) is 0 Å². The molecule has 0 atom stereocenters. The lowest BCUT2D eigenvalue weighted by atomic mass is 9.72. The summed E-state index contributed by atoms with van der Waals surface area (Å²) in [5.41, 5.74) is 7.36. The minimum atomic E-state index is -2.41. The van der Waals surface area contributed by atoms with Crippen molar-refractivity contribution in [2.45, 2.75) is 38.2 Å². The van der Waals surface area contributed by atoms with E-state index in [9.17, 15) is 8.78 Å². The lowest BCUT2D eigenvalue weighted by molar-refractivity contribution is 0.150. The summed E-state index contributed by atoms with van der Waals surface area (Å²) in [6.45, 7) is 1.70. The van der Waals surface area contributed by atoms with Crippen LogP contribution in [0.5, 0.6) is 0 Å². The van der Waals surface area contributed by atoms with Gasteiger partial charge in [0.25, 0.3) is 6.43 Å². The molecule has 0 aromatic heterocycles. The Labute approximate surface area is 88.3 Å². The van der Waals surface area contributed by atoms with E-state index in [4.69, 9.17) is 5.73 Å². The van der Waals surface area contributed by atoms with Gasteiger partial charge >= 0.3 is 0 Å². The van der Waals surface area contributed by atoms with Crippen molar-refractivity contribution in [3.05, 3.63) is 34.9 Å². The van der Waals surface area contributed by atoms with E-state index in [1.165, 1.54) is 0 Å². The number of alkyl halides is 2. The number of hydrogen-bond donors (Lipinski definition) is 1. The van der Waals surface area contributed by atoms with Gasteiger partial charge in [-0.2, -0.15) is 0 Å².